The molecule has 1 aromatic rings. The minimum Gasteiger partial charge on any atom is -0.488 e. The Morgan fingerprint density at radius 3 is 2.62 bits per heavy atom. The zero-order valence-electron chi connectivity index (χ0n) is 9.74. The van der Waals surface area contributed by atoms with E-state index in [0.29, 0.717) is 22.9 Å². The number of aliphatic hydroxyl groups excluding tert-OH is 1. The van der Waals surface area contributed by atoms with Gasteiger partial charge in [0.1, 0.15) is 11.9 Å². The molecule has 1 N–H and O–H groups in total. The molecule has 0 fully saturated rings. The second-order valence-corrected chi connectivity index (χ2v) is 4.18. The van der Waals surface area contributed by atoms with Crippen molar-refractivity contribution in [3.05, 3.63) is 28.8 Å². The lowest BCUT2D eigenvalue weighted by molar-refractivity contribution is 0.0886. The first kappa shape index (κ1) is 13.3. The molecule has 1 rings (SSSR count). The van der Waals surface area contributed by atoms with Crippen LogP contribution in [0, 0.1) is 0 Å². The first-order chi connectivity index (χ1) is 7.54. The van der Waals surface area contributed by atoms with Crippen LogP contribution < -0.4 is 4.74 Å². The van der Waals surface area contributed by atoms with Crippen LogP contribution in [0.25, 0.3) is 0 Å². The van der Waals surface area contributed by atoms with E-state index in [-0.39, 0.29) is 6.10 Å². The Hall–Kier alpha value is -0.770. The van der Waals surface area contributed by atoms with Gasteiger partial charge in [0.25, 0.3) is 0 Å². The molecule has 90 valence electrons. The van der Waals surface area contributed by atoms with Gasteiger partial charge < -0.3 is 14.6 Å². The number of rotatable bonds is 5. The summed E-state index contributed by atoms with van der Waals surface area (Å²) in [6.45, 7) is 4.09. The third-order valence-corrected chi connectivity index (χ3v) is 2.39. The van der Waals surface area contributed by atoms with Crippen LogP contribution in [0.3, 0.4) is 0 Å². The van der Waals surface area contributed by atoms with E-state index in [2.05, 4.69) is 0 Å². The van der Waals surface area contributed by atoms with E-state index < -0.39 is 6.10 Å². The average Bonchev–Trinajstić information content (AvgIpc) is 2.20. The zero-order valence-corrected chi connectivity index (χ0v) is 10.5. The Bertz CT molecular complexity index is 339. The monoisotopic (exact) mass is 244 g/mol. The number of benzene rings is 1. The summed E-state index contributed by atoms with van der Waals surface area (Å²) in [7, 11) is 1.62. The number of ether oxygens (including phenoxy) is 2. The van der Waals surface area contributed by atoms with Gasteiger partial charge in [0.2, 0.25) is 0 Å². The molecule has 16 heavy (non-hydrogen) atoms. The summed E-state index contributed by atoms with van der Waals surface area (Å²) in [4.78, 5) is 0. The number of halogens is 1. The molecule has 0 spiro atoms. The molecule has 3 nitrogen and oxygen atoms in total. The Morgan fingerprint density at radius 1 is 1.38 bits per heavy atom. The smallest absolute Gasteiger partial charge is 0.125 e. The molecule has 1 unspecified atom stereocenters. The van der Waals surface area contributed by atoms with E-state index in [1.54, 1.807) is 32.2 Å². The van der Waals surface area contributed by atoms with Crippen LogP contribution in [0.1, 0.15) is 25.5 Å². The van der Waals surface area contributed by atoms with E-state index in [1.807, 2.05) is 6.92 Å². The van der Waals surface area contributed by atoms with Gasteiger partial charge >= 0.3 is 0 Å². The second-order valence-electron chi connectivity index (χ2n) is 3.74. The van der Waals surface area contributed by atoms with Crippen molar-refractivity contribution >= 4 is 11.6 Å². The predicted molar refractivity (Wildman–Crippen MR) is 64.1 cm³/mol. The van der Waals surface area contributed by atoms with Crippen LogP contribution in [0.2, 0.25) is 5.02 Å². The molecule has 0 saturated carbocycles. The lowest BCUT2D eigenvalue weighted by Crippen LogP contribution is -2.19. The number of aliphatic hydroxyl groups is 1. The standard InChI is InChI=1S/C12H17ClO3/c1-8(7-15-3)16-12-5-4-10(13)6-11(12)9(2)14/h4-6,8-9,14H,7H2,1-3H3/t8?,9-/m1/s1. The van der Waals surface area contributed by atoms with Crippen LogP contribution in [0.5, 0.6) is 5.75 Å². The summed E-state index contributed by atoms with van der Waals surface area (Å²) < 4.78 is 10.6. The molecule has 1 aromatic carbocycles. The molecule has 0 aliphatic carbocycles. The largest absolute Gasteiger partial charge is 0.488 e. The van der Waals surface area contributed by atoms with E-state index in [9.17, 15) is 5.11 Å². The summed E-state index contributed by atoms with van der Waals surface area (Å²) in [5, 5.41) is 10.2. The average molecular weight is 245 g/mol. The van der Waals surface area contributed by atoms with Crippen molar-refractivity contribution in [2.75, 3.05) is 13.7 Å². The first-order valence-corrected chi connectivity index (χ1v) is 5.55. The Labute approximate surface area is 101 Å². The molecule has 0 aliphatic rings. The van der Waals surface area contributed by atoms with Gasteiger partial charge in [-0.25, -0.2) is 0 Å². The summed E-state index contributed by atoms with van der Waals surface area (Å²) in [6, 6.07) is 5.21. The lowest BCUT2D eigenvalue weighted by Gasteiger charge is -2.18. The quantitative estimate of drug-likeness (QED) is 0.866. The summed E-state index contributed by atoms with van der Waals surface area (Å²) in [5.41, 5.74) is 0.690. The number of hydrogen-bond donors (Lipinski definition) is 1. The summed E-state index contributed by atoms with van der Waals surface area (Å²) >= 11 is 5.87. The minimum absolute atomic E-state index is 0.0660. The van der Waals surface area contributed by atoms with E-state index in [4.69, 9.17) is 21.1 Å². The zero-order chi connectivity index (χ0) is 12.1. The molecule has 0 amide bonds. The van der Waals surface area contributed by atoms with Crippen molar-refractivity contribution in [3.8, 4) is 5.75 Å². The van der Waals surface area contributed by atoms with Crippen LogP contribution >= 0.6 is 11.6 Å². The Balaban J connectivity index is 2.86. The number of methoxy groups -OCH3 is 1. The van der Waals surface area contributed by atoms with Crippen molar-refractivity contribution in [1.82, 2.24) is 0 Å². The molecular formula is C12H17ClO3. The van der Waals surface area contributed by atoms with Crippen molar-refractivity contribution in [2.24, 2.45) is 0 Å². The Morgan fingerprint density at radius 2 is 2.06 bits per heavy atom. The lowest BCUT2D eigenvalue weighted by atomic mass is 10.1. The van der Waals surface area contributed by atoms with Gasteiger partial charge in [-0.05, 0) is 32.0 Å². The maximum absolute atomic E-state index is 9.60. The van der Waals surface area contributed by atoms with E-state index in [0.717, 1.165) is 0 Å². The topological polar surface area (TPSA) is 38.7 Å². The Kier molecular flexibility index (Phi) is 5.06. The molecule has 0 bridgehead atoms. The van der Waals surface area contributed by atoms with Gasteiger partial charge in [0, 0.05) is 17.7 Å². The molecule has 4 heteroatoms. The van der Waals surface area contributed by atoms with Gasteiger partial charge in [0.05, 0.1) is 12.7 Å². The highest BCUT2D eigenvalue weighted by Crippen LogP contribution is 2.28. The van der Waals surface area contributed by atoms with Crippen molar-refractivity contribution < 1.29 is 14.6 Å². The molecular weight excluding hydrogens is 228 g/mol. The van der Waals surface area contributed by atoms with Gasteiger partial charge in [-0.1, -0.05) is 11.6 Å². The van der Waals surface area contributed by atoms with Crippen molar-refractivity contribution in [2.45, 2.75) is 26.1 Å². The highest BCUT2D eigenvalue weighted by Gasteiger charge is 2.12. The molecule has 0 aliphatic heterocycles. The molecule has 2 atom stereocenters. The fourth-order valence-electron chi connectivity index (χ4n) is 1.44. The van der Waals surface area contributed by atoms with E-state index in [1.165, 1.54) is 0 Å². The second kappa shape index (κ2) is 6.09. The van der Waals surface area contributed by atoms with Crippen LogP contribution in [-0.4, -0.2) is 24.9 Å². The van der Waals surface area contributed by atoms with Gasteiger partial charge in [0.15, 0.2) is 0 Å². The van der Waals surface area contributed by atoms with Gasteiger partial charge in [-0.15, -0.1) is 0 Å². The maximum atomic E-state index is 9.60. The fraction of sp³-hybridized carbons (Fsp3) is 0.500. The predicted octanol–water partition coefficient (Wildman–Crippen LogP) is 2.81. The summed E-state index contributed by atoms with van der Waals surface area (Å²) in [5.74, 6) is 0.643. The van der Waals surface area contributed by atoms with Crippen LogP contribution in [0.15, 0.2) is 18.2 Å². The maximum Gasteiger partial charge on any atom is 0.125 e. The highest BCUT2D eigenvalue weighted by molar-refractivity contribution is 6.30. The molecule has 0 saturated heterocycles. The minimum atomic E-state index is -0.608. The van der Waals surface area contributed by atoms with Crippen LogP contribution in [-0.2, 0) is 4.74 Å². The molecule has 0 radical (unpaired) electrons. The van der Waals surface area contributed by atoms with Crippen molar-refractivity contribution in [3.63, 3.8) is 0 Å². The molecule has 0 aromatic heterocycles. The fourth-order valence-corrected chi connectivity index (χ4v) is 1.62. The summed E-state index contributed by atoms with van der Waals surface area (Å²) in [6.07, 6.45) is -0.674. The number of hydrogen-bond acceptors (Lipinski definition) is 3. The normalized spacial score (nSPS) is 14.6. The van der Waals surface area contributed by atoms with Crippen molar-refractivity contribution in [1.29, 1.82) is 0 Å². The first-order valence-electron chi connectivity index (χ1n) is 5.17. The van der Waals surface area contributed by atoms with Gasteiger partial charge in [-0.2, -0.15) is 0 Å². The molecule has 0 heterocycles. The van der Waals surface area contributed by atoms with Crippen LogP contribution in [0.4, 0.5) is 0 Å². The third kappa shape index (κ3) is 3.67. The highest BCUT2D eigenvalue weighted by atomic mass is 35.5. The third-order valence-electron chi connectivity index (χ3n) is 2.15. The van der Waals surface area contributed by atoms with Gasteiger partial charge in [-0.3, -0.25) is 0 Å². The SMILES string of the molecule is COCC(C)Oc1ccc(Cl)cc1[C@@H](C)O. The van der Waals surface area contributed by atoms with E-state index >= 15 is 0 Å².